The maximum Gasteiger partial charge on any atom is 0.336 e. The van der Waals surface area contributed by atoms with Gasteiger partial charge < -0.3 is 14.4 Å². The topological polar surface area (TPSA) is 38.8 Å². The number of hydrogen-bond donors (Lipinski definition) is 0. The third-order valence-corrected chi connectivity index (χ3v) is 5.76. The monoisotopic (exact) mass is 383 g/mol. The van der Waals surface area contributed by atoms with Crippen molar-refractivity contribution < 1.29 is 14.3 Å². The van der Waals surface area contributed by atoms with Crippen LogP contribution in [0.2, 0.25) is 0 Å². The number of benzene rings is 3. The fraction of sp³-hybridized carbons (Fsp3) is 0.160. The number of hydrogen-bond acceptors (Lipinski definition) is 4. The summed E-state index contributed by atoms with van der Waals surface area (Å²) in [5.41, 5.74) is 4.72. The molecule has 2 heterocycles. The number of ether oxygens (including phenoxy) is 2. The minimum Gasteiger partial charge on any atom is -0.466 e. The van der Waals surface area contributed by atoms with E-state index in [1.165, 1.54) is 7.11 Å². The number of anilines is 1. The van der Waals surface area contributed by atoms with Gasteiger partial charge in [-0.05, 0) is 36.3 Å². The molecule has 0 saturated heterocycles. The Labute approximate surface area is 170 Å². The molecule has 29 heavy (non-hydrogen) atoms. The standard InChI is InChI=1S/C25H21NO3/c1-16-22(25(27)28-2)24(17-10-4-3-5-11-17)26-19-13-7-9-15-21(19)29-20-14-8-6-12-18(20)23(16)26/h3-15,23-24H,1-2H3/t23-,24-/m1/s1. The highest BCUT2D eigenvalue weighted by Gasteiger charge is 2.46. The molecular weight excluding hydrogens is 362 g/mol. The Kier molecular flexibility index (Phi) is 4.13. The second-order valence-corrected chi connectivity index (χ2v) is 7.32. The van der Waals surface area contributed by atoms with Crippen LogP contribution in [0.15, 0.2) is 90.0 Å². The predicted octanol–water partition coefficient (Wildman–Crippen LogP) is 5.58. The van der Waals surface area contributed by atoms with E-state index >= 15 is 0 Å². The van der Waals surface area contributed by atoms with Crippen LogP contribution in [0, 0.1) is 0 Å². The minimum atomic E-state index is -0.291. The van der Waals surface area contributed by atoms with E-state index in [-0.39, 0.29) is 18.1 Å². The van der Waals surface area contributed by atoms with Gasteiger partial charge in [0.1, 0.15) is 5.75 Å². The van der Waals surface area contributed by atoms with Gasteiger partial charge in [0.05, 0.1) is 30.5 Å². The Morgan fingerprint density at radius 3 is 2.28 bits per heavy atom. The molecule has 2 aliphatic heterocycles. The molecule has 0 fully saturated rings. The SMILES string of the molecule is COC(=O)C1=C(C)[C@@H]2c3ccccc3Oc3ccccc3N2[C@@H]1c1ccccc1. The zero-order valence-corrected chi connectivity index (χ0v) is 16.3. The highest BCUT2D eigenvalue weighted by atomic mass is 16.5. The molecule has 4 nitrogen and oxygen atoms in total. The molecule has 0 aromatic heterocycles. The van der Waals surface area contributed by atoms with E-state index < -0.39 is 0 Å². The summed E-state index contributed by atoms with van der Waals surface area (Å²) in [6, 6.07) is 25.8. The molecule has 3 aromatic carbocycles. The van der Waals surface area contributed by atoms with Crippen molar-refractivity contribution in [1.82, 2.24) is 0 Å². The third-order valence-electron chi connectivity index (χ3n) is 5.76. The molecule has 2 atom stereocenters. The molecule has 0 aliphatic carbocycles. The summed E-state index contributed by atoms with van der Waals surface area (Å²) in [5, 5.41) is 0. The Balaban J connectivity index is 1.82. The second kappa shape index (κ2) is 6.82. The van der Waals surface area contributed by atoms with Gasteiger partial charge in [-0.2, -0.15) is 0 Å². The van der Waals surface area contributed by atoms with Gasteiger partial charge in [-0.3, -0.25) is 0 Å². The average molecular weight is 383 g/mol. The van der Waals surface area contributed by atoms with Crippen molar-refractivity contribution in [3.8, 4) is 11.5 Å². The van der Waals surface area contributed by atoms with Crippen molar-refractivity contribution in [3.63, 3.8) is 0 Å². The maximum atomic E-state index is 12.9. The second-order valence-electron chi connectivity index (χ2n) is 7.32. The first kappa shape index (κ1) is 17.6. The van der Waals surface area contributed by atoms with Gasteiger partial charge in [-0.1, -0.05) is 60.7 Å². The van der Waals surface area contributed by atoms with Crippen LogP contribution < -0.4 is 9.64 Å². The number of para-hydroxylation sites is 3. The fourth-order valence-corrected chi connectivity index (χ4v) is 4.54. The van der Waals surface area contributed by atoms with E-state index in [2.05, 4.69) is 29.2 Å². The van der Waals surface area contributed by atoms with Crippen molar-refractivity contribution >= 4 is 11.7 Å². The molecule has 144 valence electrons. The Bertz CT molecular complexity index is 1120. The molecule has 0 unspecified atom stereocenters. The van der Waals surface area contributed by atoms with Gasteiger partial charge in [0.25, 0.3) is 0 Å². The number of carbonyl (C=O) groups excluding carboxylic acids is 1. The summed E-state index contributed by atoms with van der Waals surface area (Å²) in [6.07, 6.45) is 0. The first-order valence-corrected chi connectivity index (χ1v) is 9.68. The molecule has 0 N–H and O–H groups in total. The van der Waals surface area contributed by atoms with E-state index in [4.69, 9.17) is 9.47 Å². The summed E-state index contributed by atoms with van der Waals surface area (Å²) in [5.74, 6) is 1.30. The van der Waals surface area contributed by atoms with Gasteiger partial charge in [0, 0.05) is 5.56 Å². The lowest BCUT2D eigenvalue weighted by Crippen LogP contribution is -2.29. The lowest BCUT2D eigenvalue weighted by atomic mass is 9.96. The van der Waals surface area contributed by atoms with Crippen LogP contribution in [0.5, 0.6) is 11.5 Å². The van der Waals surface area contributed by atoms with Crippen molar-refractivity contribution in [3.05, 3.63) is 101 Å². The number of methoxy groups -OCH3 is 1. The normalized spacial score (nSPS) is 19.6. The summed E-state index contributed by atoms with van der Waals surface area (Å²) < 4.78 is 11.5. The first-order valence-electron chi connectivity index (χ1n) is 9.68. The lowest BCUT2D eigenvalue weighted by molar-refractivity contribution is -0.136. The van der Waals surface area contributed by atoms with Gasteiger partial charge in [0.2, 0.25) is 0 Å². The first-order chi connectivity index (χ1) is 14.2. The molecule has 0 spiro atoms. The van der Waals surface area contributed by atoms with Crippen LogP contribution >= 0.6 is 0 Å². The van der Waals surface area contributed by atoms with E-state index in [1.54, 1.807) is 0 Å². The van der Waals surface area contributed by atoms with E-state index in [1.807, 2.05) is 61.5 Å². The number of esters is 1. The highest BCUT2D eigenvalue weighted by Crippen LogP contribution is 2.56. The number of nitrogens with zero attached hydrogens (tertiary/aromatic N) is 1. The highest BCUT2D eigenvalue weighted by molar-refractivity contribution is 5.94. The van der Waals surface area contributed by atoms with Crippen LogP contribution in [-0.4, -0.2) is 13.1 Å². The molecular formula is C25H21NO3. The molecule has 3 aromatic rings. The number of rotatable bonds is 2. The maximum absolute atomic E-state index is 12.9. The average Bonchev–Trinajstić information content (AvgIpc) is 2.98. The Morgan fingerprint density at radius 2 is 1.52 bits per heavy atom. The minimum absolute atomic E-state index is 0.117. The van der Waals surface area contributed by atoms with Gasteiger partial charge in [-0.15, -0.1) is 0 Å². The van der Waals surface area contributed by atoms with Crippen molar-refractivity contribution in [2.45, 2.75) is 19.0 Å². The summed E-state index contributed by atoms with van der Waals surface area (Å²) >= 11 is 0. The predicted molar refractivity (Wildman–Crippen MR) is 112 cm³/mol. The smallest absolute Gasteiger partial charge is 0.336 e. The zero-order chi connectivity index (χ0) is 20.0. The van der Waals surface area contributed by atoms with Crippen LogP contribution in [-0.2, 0) is 9.53 Å². The van der Waals surface area contributed by atoms with Crippen molar-refractivity contribution in [2.75, 3.05) is 12.0 Å². The van der Waals surface area contributed by atoms with Crippen molar-refractivity contribution in [1.29, 1.82) is 0 Å². The number of carbonyl (C=O) groups is 1. The largest absolute Gasteiger partial charge is 0.466 e. The van der Waals surface area contributed by atoms with E-state index in [0.29, 0.717) is 5.57 Å². The third kappa shape index (κ3) is 2.64. The van der Waals surface area contributed by atoms with Crippen LogP contribution in [0.1, 0.15) is 30.1 Å². The van der Waals surface area contributed by atoms with Gasteiger partial charge in [-0.25, -0.2) is 4.79 Å². The van der Waals surface area contributed by atoms with Crippen molar-refractivity contribution in [2.24, 2.45) is 0 Å². The molecule has 0 amide bonds. The van der Waals surface area contributed by atoms with Crippen LogP contribution in [0.4, 0.5) is 5.69 Å². The van der Waals surface area contributed by atoms with Gasteiger partial charge in [0.15, 0.2) is 5.75 Å². The van der Waals surface area contributed by atoms with E-state index in [0.717, 1.165) is 33.9 Å². The molecule has 2 aliphatic rings. The van der Waals surface area contributed by atoms with Crippen LogP contribution in [0.25, 0.3) is 0 Å². The zero-order valence-electron chi connectivity index (χ0n) is 16.3. The van der Waals surface area contributed by atoms with Gasteiger partial charge >= 0.3 is 5.97 Å². The molecule has 5 rings (SSSR count). The Hall–Kier alpha value is -3.53. The molecule has 0 bridgehead atoms. The van der Waals surface area contributed by atoms with Crippen LogP contribution in [0.3, 0.4) is 0 Å². The fourth-order valence-electron chi connectivity index (χ4n) is 4.54. The number of fused-ring (bicyclic) bond motifs is 5. The molecule has 4 heteroatoms. The molecule has 0 radical (unpaired) electrons. The molecule has 0 saturated carbocycles. The van der Waals surface area contributed by atoms with E-state index in [9.17, 15) is 4.79 Å². The summed E-state index contributed by atoms with van der Waals surface area (Å²) in [7, 11) is 1.44. The quantitative estimate of drug-likeness (QED) is 0.541. The Morgan fingerprint density at radius 1 is 0.862 bits per heavy atom. The summed E-state index contributed by atoms with van der Waals surface area (Å²) in [6.45, 7) is 2.03. The summed E-state index contributed by atoms with van der Waals surface area (Å²) in [4.78, 5) is 15.2. The lowest BCUT2D eigenvalue weighted by Gasteiger charge is -2.33.